The van der Waals surface area contributed by atoms with Gasteiger partial charge in [0.15, 0.2) is 5.78 Å². The molecule has 0 heterocycles. The molecule has 0 radical (unpaired) electrons. The highest BCUT2D eigenvalue weighted by Crippen LogP contribution is 2.27. The van der Waals surface area contributed by atoms with Gasteiger partial charge in [-0.25, -0.2) is 4.79 Å². The molecule has 0 spiro atoms. The molecule has 0 aliphatic heterocycles. The topological polar surface area (TPSA) is 69.7 Å². The summed E-state index contributed by atoms with van der Waals surface area (Å²) < 4.78 is 10.4. The first-order valence-electron chi connectivity index (χ1n) is 6.85. The maximum atomic E-state index is 12.4. The number of carbonyl (C=O) groups excluding carboxylic acids is 3. The van der Waals surface area contributed by atoms with Crippen LogP contribution >= 0.6 is 0 Å². The molecule has 0 bridgehead atoms. The van der Waals surface area contributed by atoms with Crippen LogP contribution in [0.25, 0.3) is 0 Å². The summed E-state index contributed by atoms with van der Waals surface area (Å²) in [7, 11) is 0. The van der Waals surface area contributed by atoms with Crippen molar-refractivity contribution in [1.82, 2.24) is 0 Å². The Morgan fingerprint density at radius 1 is 1.00 bits per heavy atom. The van der Waals surface area contributed by atoms with E-state index in [2.05, 4.69) is 0 Å². The molecule has 1 atom stereocenters. The number of ketones is 1. The minimum Gasteiger partial charge on any atom is -0.457 e. The summed E-state index contributed by atoms with van der Waals surface area (Å²) in [5.74, 6) is -1.71. The van der Waals surface area contributed by atoms with Crippen LogP contribution in [0.2, 0.25) is 0 Å². The van der Waals surface area contributed by atoms with Gasteiger partial charge in [-0.2, -0.15) is 0 Å². The van der Waals surface area contributed by atoms with Crippen LogP contribution in [0.3, 0.4) is 0 Å². The van der Waals surface area contributed by atoms with Crippen molar-refractivity contribution in [3.05, 3.63) is 0 Å². The van der Waals surface area contributed by atoms with Crippen LogP contribution in [0.1, 0.15) is 61.3 Å². The average Bonchev–Trinajstić information content (AvgIpc) is 2.20. The van der Waals surface area contributed by atoms with Crippen molar-refractivity contribution in [2.24, 2.45) is 5.92 Å². The highest BCUT2D eigenvalue weighted by Gasteiger charge is 2.49. The molecule has 0 N–H and O–H groups in total. The lowest BCUT2D eigenvalue weighted by Gasteiger charge is -2.32. The Balaban J connectivity index is 5.43. The largest absolute Gasteiger partial charge is 0.457 e. The third kappa shape index (κ3) is 5.72. The van der Waals surface area contributed by atoms with Gasteiger partial charge in [-0.1, -0.05) is 13.8 Å². The first-order valence-corrected chi connectivity index (χ1v) is 6.85. The van der Waals surface area contributed by atoms with Gasteiger partial charge in [0.25, 0.3) is 5.60 Å². The fraction of sp³-hybridized carbons (Fsp3) is 0.800. The Bertz CT molecular complexity index is 378. The molecule has 0 aromatic carbocycles. The fourth-order valence-electron chi connectivity index (χ4n) is 1.68. The molecule has 0 saturated carbocycles. The number of hydrogen-bond acceptors (Lipinski definition) is 5. The number of carbonyl (C=O) groups is 3. The van der Waals surface area contributed by atoms with E-state index < -0.39 is 28.9 Å². The minimum absolute atomic E-state index is 0.133. The zero-order chi connectivity index (χ0) is 16.1. The molecule has 0 aliphatic carbocycles. The highest BCUT2D eigenvalue weighted by molar-refractivity contribution is 6.07. The summed E-state index contributed by atoms with van der Waals surface area (Å²) in [5.41, 5.74) is -2.58. The molecule has 0 aliphatic rings. The molecular weight excluding hydrogens is 260 g/mol. The lowest BCUT2D eigenvalue weighted by molar-refractivity contribution is -0.192. The second kappa shape index (κ2) is 6.86. The lowest BCUT2D eigenvalue weighted by Crippen LogP contribution is -2.52. The predicted molar refractivity (Wildman–Crippen MR) is 75.1 cm³/mol. The molecular formula is C15H26O5. The number of esters is 2. The van der Waals surface area contributed by atoms with E-state index in [1.165, 1.54) is 13.8 Å². The van der Waals surface area contributed by atoms with Crippen molar-refractivity contribution in [3.8, 4) is 0 Å². The van der Waals surface area contributed by atoms with Crippen LogP contribution in [0.4, 0.5) is 0 Å². The van der Waals surface area contributed by atoms with E-state index in [1.807, 2.05) is 13.8 Å². The van der Waals surface area contributed by atoms with E-state index in [0.717, 1.165) is 0 Å². The van der Waals surface area contributed by atoms with Crippen molar-refractivity contribution >= 4 is 17.7 Å². The van der Waals surface area contributed by atoms with Gasteiger partial charge in [0.2, 0.25) is 0 Å². The molecule has 0 amide bonds. The summed E-state index contributed by atoms with van der Waals surface area (Å²) in [5, 5.41) is 0. The van der Waals surface area contributed by atoms with E-state index >= 15 is 0 Å². The smallest absolute Gasteiger partial charge is 0.359 e. The van der Waals surface area contributed by atoms with Gasteiger partial charge < -0.3 is 9.47 Å². The Morgan fingerprint density at radius 2 is 1.50 bits per heavy atom. The third-order valence-electron chi connectivity index (χ3n) is 2.69. The molecule has 0 rings (SSSR count). The van der Waals surface area contributed by atoms with Gasteiger partial charge >= 0.3 is 11.9 Å². The number of Topliss-reactive ketones (excluding diaryl/α,β-unsaturated/α-hetero) is 1. The highest BCUT2D eigenvalue weighted by atomic mass is 16.6. The predicted octanol–water partition coefficient (Wildman–Crippen LogP) is 2.66. The Morgan fingerprint density at radius 3 is 1.80 bits per heavy atom. The quantitative estimate of drug-likeness (QED) is 0.554. The maximum absolute atomic E-state index is 12.4. The Labute approximate surface area is 121 Å². The van der Waals surface area contributed by atoms with E-state index in [9.17, 15) is 14.4 Å². The second-order valence-corrected chi connectivity index (χ2v) is 6.41. The monoisotopic (exact) mass is 286 g/mol. The normalized spacial score (nSPS) is 14.6. The molecule has 5 heteroatoms. The van der Waals surface area contributed by atoms with Crippen molar-refractivity contribution in [2.45, 2.75) is 72.5 Å². The Hall–Kier alpha value is -1.39. The van der Waals surface area contributed by atoms with Crippen molar-refractivity contribution < 1.29 is 23.9 Å². The Kier molecular flexibility index (Phi) is 6.38. The summed E-state index contributed by atoms with van der Waals surface area (Å²) >= 11 is 0. The molecule has 20 heavy (non-hydrogen) atoms. The summed E-state index contributed by atoms with van der Waals surface area (Å²) in [6.45, 7) is 11.5. The van der Waals surface area contributed by atoms with Crippen LogP contribution in [-0.2, 0) is 23.9 Å². The van der Waals surface area contributed by atoms with Crippen LogP contribution in [0.5, 0.6) is 0 Å². The van der Waals surface area contributed by atoms with Crippen molar-refractivity contribution in [3.63, 3.8) is 0 Å². The zero-order valence-electron chi connectivity index (χ0n) is 13.5. The van der Waals surface area contributed by atoms with Gasteiger partial charge in [0.05, 0.1) is 0 Å². The standard InChI is InChI=1S/C15H26O5/c1-10(2)8-9-15(11(3)16,19-12(4)17)13(18)20-14(5,6)7/h10H,8-9H2,1-7H3. The lowest BCUT2D eigenvalue weighted by atomic mass is 9.89. The number of ether oxygens (including phenoxy) is 2. The molecule has 0 fully saturated rings. The van der Waals surface area contributed by atoms with Gasteiger partial charge in [-0.15, -0.1) is 0 Å². The first-order chi connectivity index (χ1) is 8.90. The number of rotatable bonds is 6. The number of hydrogen-bond donors (Lipinski definition) is 0. The van der Waals surface area contributed by atoms with Crippen LogP contribution < -0.4 is 0 Å². The van der Waals surface area contributed by atoms with Gasteiger partial charge in [-0.05, 0) is 40.0 Å². The van der Waals surface area contributed by atoms with Gasteiger partial charge in [0, 0.05) is 13.3 Å². The van der Waals surface area contributed by atoms with Crippen molar-refractivity contribution in [2.75, 3.05) is 0 Å². The van der Waals surface area contributed by atoms with Crippen LogP contribution in [0.15, 0.2) is 0 Å². The molecule has 0 saturated heterocycles. The molecule has 5 nitrogen and oxygen atoms in total. The fourth-order valence-corrected chi connectivity index (χ4v) is 1.68. The summed E-state index contributed by atoms with van der Waals surface area (Å²) in [6, 6.07) is 0. The summed E-state index contributed by atoms with van der Waals surface area (Å²) in [4.78, 5) is 35.6. The second-order valence-electron chi connectivity index (χ2n) is 6.41. The van der Waals surface area contributed by atoms with Crippen LogP contribution in [-0.4, -0.2) is 28.9 Å². The van der Waals surface area contributed by atoms with E-state index in [4.69, 9.17) is 9.47 Å². The van der Waals surface area contributed by atoms with E-state index in [1.54, 1.807) is 20.8 Å². The zero-order valence-corrected chi connectivity index (χ0v) is 13.5. The first kappa shape index (κ1) is 18.6. The average molecular weight is 286 g/mol. The molecule has 0 aromatic heterocycles. The van der Waals surface area contributed by atoms with Gasteiger partial charge in [0.1, 0.15) is 5.60 Å². The minimum atomic E-state index is -1.83. The summed E-state index contributed by atoms with van der Waals surface area (Å²) in [6.07, 6.45) is 0.709. The molecule has 1 unspecified atom stereocenters. The van der Waals surface area contributed by atoms with E-state index in [0.29, 0.717) is 6.42 Å². The van der Waals surface area contributed by atoms with E-state index in [-0.39, 0.29) is 12.3 Å². The SMILES string of the molecule is CC(=O)OC(CCC(C)C)(C(C)=O)C(=O)OC(C)(C)C. The van der Waals surface area contributed by atoms with Gasteiger partial charge in [-0.3, -0.25) is 9.59 Å². The molecule has 0 aromatic rings. The third-order valence-corrected chi connectivity index (χ3v) is 2.69. The van der Waals surface area contributed by atoms with Crippen molar-refractivity contribution in [1.29, 1.82) is 0 Å². The molecule has 116 valence electrons. The van der Waals surface area contributed by atoms with Crippen LogP contribution in [0, 0.1) is 5.92 Å². The maximum Gasteiger partial charge on any atom is 0.359 e.